The Balaban J connectivity index is 1.33. The molecule has 3 fully saturated rings. The molecule has 0 spiro atoms. The summed E-state index contributed by atoms with van der Waals surface area (Å²) >= 11 is 1.34. The Morgan fingerprint density at radius 2 is 1.97 bits per heavy atom. The first-order chi connectivity index (χ1) is 17.9. The summed E-state index contributed by atoms with van der Waals surface area (Å²) in [4.78, 5) is 38.0. The molecule has 1 saturated carbocycles. The number of nitrogens with one attached hydrogen (secondary N) is 3. The van der Waals surface area contributed by atoms with E-state index in [-0.39, 0.29) is 18.9 Å². The molecule has 0 aromatic carbocycles. The zero-order chi connectivity index (χ0) is 25.6. The zero-order valence-electron chi connectivity index (χ0n) is 20.9. The number of thiazole rings is 1. The number of hydrogen-bond donors (Lipinski definition) is 4. The number of aliphatic hydroxyl groups excluding tert-OH is 1. The third-order valence-corrected chi connectivity index (χ3v) is 7.95. The number of carbonyl (C=O) groups is 1. The fraction of sp³-hybridized carbons (Fsp3) is 0.565. The van der Waals surface area contributed by atoms with Crippen molar-refractivity contribution in [2.45, 2.75) is 43.7 Å². The van der Waals surface area contributed by atoms with Crippen LogP contribution < -0.4 is 20.4 Å². The summed E-state index contributed by atoms with van der Waals surface area (Å²) in [5.74, 6) is 2.11. The van der Waals surface area contributed by atoms with E-state index in [1.54, 1.807) is 23.4 Å². The van der Waals surface area contributed by atoms with Crippen molar-refractivity contribution < 1.29 is 9.90 Å². The minimum Gasteiger partial charge on any atom is -0.391 e. The molecular weight excluding hydrogens is 494 g/mol. The van der Waals surface area contributed by atoms with E-state index in [1.165, 1.54) is 24.2 Å². The number of likely N-dealkylation sites (N-methyl/N-ethyl adjacent to an activating group) is 1. The first-order valence-corrected chi connectivity index (χ1v) is 13.4. The quantitative estimate of drug-likeness (QED) is 0.354. The number of anilines is 5. The van der Waals surface area contributed by atoms with Crippen LogP contribution in [0.3, 0.4) is 0 Å². The van der Waals surface area contributed by atoms with Gasteiger partial charge in [0.25, 0.3) is 5.91 Å². The van der Waals surface area contributed by atoms with Gasteiger partial charge in [-0.1, -0.05) is 0 Å². The highest BCUT2D eigenvalue weighted by atomic mass is 32.1. The number of piperazine rings is 1. The van der Waals surface area contributed by atoms with E-state index in [1.807, 2.05) is 6.07 Å². The highest BCUT2D eigenvalue weighted by molar-refractivity contribution is 7.13. The van der Waals surface area contributed by atoms with Gasteiger partial charge in [-0.15, -0.1) is 11.3 Å². The molecule has 2 saturated heterocycles. The number of H-pyrrole nitrogens is 1. The Bertz CT molecular complexity index is 1260. The molecular formula is C23H31N11O2S. The number of hydrogen-bond acceptors (Lipinski definition) is 12. The number of nitrogens with zero attached hydrogens (tertiary/aromatic N) is 8. The molecule has 2 aliphatic heterocycles. The van der Waals surface area contributed by atoms with Crippen LogP contribution in [0, 0.1) is 0 Å². The Labute approximate surface area is 218 Å². The lowest BCUT2D eigenvalue weighted by Gasteiger charge is -2.35. The zero-order valence-corrected chi connectivity index (χ0v) is 21.7. The van der Waals surface area contributed by atoms with Crippen molar-refractivity contribution in [2.75, 3.05) is 60.2 Å². The molecule has 5 heterocycles. The van der Waals surface area contributed by atoms with Crippen LogP contribution in [-0.2, 0) is 4.79 Å². The van der Waals surface area contributed by atoms with Gasteiger partial charge in [-0.2, -0.15) is 20.1 Å². The van der Waals surface area contributed by atoms with Crippen molar-refractivity contribution in [3.63, 3.8) is 0 Å². The molecule has 0 unspecified atom stereocenters. The van der Waals surface area contributed by atoms with Gasteiger partial charge in [0, 0.05) is 68.4 Å². The van der Waals surface area contributed by atoms with Gasteiger partial charge >= 0.3 is 0 Å². The maximum Gasteiger partial charge on any atom is 0.251 e. The summed E-state index contributed by atoms with van der Waals surface area (Å²) in [7, 11) is 2.09. The van der Waals surface area contributed by atoms with Crippen LogP contribution in [0.25, 0.3) is 0 Å². The van der Waals surface area contributed by atoms with Crippen LogP contribution in [0.1, 0.15) is 37.8 Å². The van der Waals surface area contributed by atoms with Gasteiger partial charge in [-0.05, 0) is 26.8 Å². The maximum absolute atomic E-state index is 13.4. The number of amides is 1. The van der Waals surface area contributed by atoms with E-state index < -0.39 is 11.6 Å². The topological polar surface area (TPSA) is 151 Å². The molecule has 14 heteroatoms. The Hall–Kier alpha value is -3.36. The number of β-amino-alcohol motifs (C(OH)–C–C–N with tert-alkyl or cyclic N) is 1. The second-order valence-corrected chi connectivity index (χ2v) is 11.1. The van der Waals surface area contributed by atoms with Gasteiger partial charge < -0.3 is 25.1 Å². The van der Waals surface area contributed by atoms with Crippen molar-refractivity contribution in [3.8, 4) is 0 Å². The molecule has 1 aliphatic carbocycles. The number of carbonyl (C=O) groups excluding carboxylic acids is 1. The van der Waals surface area contributed by atoms with Crippen molar-refractivity contribution in [3.05, 3.63) is 23.3 Å². The predicted molar refractivity (Wildman–Crippen MR) is 141 cm³/mol. The second kappa shape index (κ2) is 9.50. The fourth-order valence-electron chi connectivity index (χ4n) is 4.88. The normalized spacial score (nSPS) is 24.5. The van der Waals surface area contributed by atoms with Crippen LogP contribution in [0.15, 0.2) is 17.6 Å². The van der Waals surface area contributed by atoms with Crippen molar-refractivity contribution in [1.29, 1.82) is 0 Å². The van der Waals surface area contributed by atoms with Crippen LogP contribution in [0.4, 0.5) is 28.8 Å². The minimum atomic E-state index is -1.07. The molecule has 2 atom stereocenters. The van der Waals surface area contributed by atoms with E-state index >= 15 is 0 Å². The maximum atomic E-state index is 13.4. The molecule has 3 aromatic heterocycles. The van der Waals surface area contributed by atoms with Crippen molar-refractivity contribution in [1.82, 2.24) is 35.0 Å². The monoisotopic (exact) mass is 525 g/mol. The molecule has 13 nitrogen and oxygen atoms in total. The highest BCUT2D eigenvalue weighted by Crippen LogP contribution is 2.40. The predicted octanol–water partition coefficient (Wildman–Crippen LogP) is 1.39. The molecule has 6 rings (SSSR count). The SMILES string of the molecule is CN1CCN(c2nc(Nc3cc(C4CC4)[nH]n3)nc(N3C[C@@H](O)C[C@@]3(C)C(=O)Nc3nccs3)n2)CC1. The average Bonchev–Trinajstić information content (AvgIpc) is 3.24. The van der Waals surface area contributed by atoms with Gasteiger partial charge in [-0.3, -0.25) is 15.2 Å². The average molecular weight is 526 g/mol. The molecule has 4 N–H and O–H groups in total. The van der Waals surface area contributed by atoms with Gasteiger partial charge in [-0.25, -0.2) is 4.98 Å². The standard InChI is InChI=1S/C23H31N11O2S/c1-23(18(36)26-22-24-5-10-37-22)12-15(35)13-34(23)21-28-19(25-17-11-16(30-31-17)14-3-4-14)27-20(29-21)33-8-6-32(2)7-9-33/h5,10-11,14-15,35H,3-4,6-9,12-13H2,1-2H3,(H,24,26,36)(H2,25,27,28,29,30,31)/t15-,23-/m0/s1. The Morgan fingerprint density at radius 1 is 1.19 bits per heavy atom. The Kier molecular flexibility index (Phi) is 6.16. The number of aromatic nitrogens is 6. The number of rotatable bonds is 7. The van der Waals surface area contributed by atoms with Gasteiger partial charge in [0.05, 0.1) is 6.10 Å². The number of aliphatic hydroxyl groups is 1. The smallest absolute Gasteiger partial charge is 0.251 e. The van der Waals surface area contributed by atoms with E-state index in [2.05, 4.69) is 42.7 Å². The molecule has 0 bridgehead atoms. The lowest BCUT2D eigenvalue weighted by molar-refractivity contribution is -0.120. The van der Waals surface area contributed by atoms with Crippen molar-refractivity contribution in [2.24, 2.45) is 0 Å². The van der Waals surface area contributed by atoms with E-state index in [9.17, 15) is 9.90 Å². The molecule has 196 valence electrons. The molecule has 0 radical (unpaired) electrons. The minimum absolute atomic E-state index is 0.224. The lowest BCUT2D eigenvalue weighted by atomic mass is 9.97. The van der Waals surface area contributed by atoms with E-state index in [4.69, 9.17) is 15.0 Å². The third kappa shape index (κ3) is 4.95. The van der Waals surface area contributed by atoms with Crippen molar-refractivity contribution >= 4 is 46.0 Å². The fourth-order valence-corrected chi connectivity index (χ4v) is 5.40. The summed E-state index contributed by atoms with van der Waals surface area (Å²) in [5, 5.41) is 26.5. The van der Waals surface area contributed by atoms with Crippen LogP contribution in [0.2, 0.25) is 0 Å². The first-order valence-electron chi connectivity index (χ1n) is 12.6. The van der Waals surface area contributed by atoms with Crippen LogP contribution in [0.5, 0.6) is 0 Å². The van der Waals surface area contributed by atoms with Gasteiger partial charge in [0.2, 0.25) is 17.8 Å². The highest BCUT2D eigenvalue weighted by Gasteiger charge is 2.49. The third-order valence-electron chi connectivity index (χ3n) is 7.26. The van der Waals surface area contributed by atoms with Crippen LogP contribution >= 0.6 is 11.3 Å². The number of aromatic amines is 1. The molecule has 1 amide bonds. The summed E-state index contributed by atoms with van der Waals surface area (Å²) in [6, 6.07) is 1.99. The van der Waals surface area contributed by atoms with Gasteiger partial charge in [0.15, 0.2) is 10.9 Å². The largest absolute Gasteiger partial charge is 0.391 e. The van der Waals surface area contributed by atoms with Gasteiger partial charge in [0.1, 0.15) is 5.54 Å². The Morgan fingerprint density at radius 3 is 2.70 bits per heavy atom. The van der Waals surface area contributed by atoms with E-state index in [0.29, 0.717) is 34.7 Å². The second-order valence-electron chi connectivity index (χ2n) is 10.2. The summed E-state index contributed by atoms with van der Waals surface area (Å²) < 4.78 is 0. The first kappa shape index (κ1) is 24.0. The lowest BCUT2D eigenvalue weighted by Crippen LogP contribution is -2.52. The van der Waals surface area contributed by atoms with E-state index in [0.717, 1.165) is 31.9 Å². The molecule has 3 aromatic rings. The summed E-state index contributed by atoms with van der Waals surface area (Å²) in [6.45, 7) is 5.36. The summed E-state index contributed by atoms with van der Waals surface area (Å²) in [5.41, 5.74) is 0.0272. The molecule has 37 heavy (non-hydrogen) atoms. The van der Waals surface area contributed by atoms with Crippen LogP contribution in [-0.4, -0.2) is 97.5 Å². The summed E-state index contributed by atoms with van der Waals surface area (Å²) in [6.07, 6.45) is 3.51. The molecule has 3 aliphatic rings.